The number of nitrogens with zero attached hydrogens (tertiary/aromatic N) is 1. The van der Waals surface area contributed by atoms with Crippen molar-refractivity contribution in [1.29, 1.82) is 0 Å². The maximum atomic E-state index is 11.7. The van der Waals surface area contributed by atoms with E-state index in [2.05, 4.69) is 10.3 Å². The van der Waals surface area contributed by atoms with Crippen LogP contribution in [0.25, 0.3) is 0 Å². The van der Waals surface area contributed by atoms with Crippen molar-refractivity contribution >= 4 is 17.3 Å². The van der Waals surface area contributed by atoms with Gasteiger partial charge in [-0.2, -0.15) is 0 Å². The highest BCUT2D eigenvalue weighted by atomic mass is 16.5. The molecular weight excluding hydrogens is 258 g/mol. The third-order valence-corrected chi connectivity index (χ3v) is 2.99. The van der Waals surface area contributed by atoms with Gasteiger partial charge < -0.3 is 20.2 Å². The van der Waals surface area contributed by atoms with E-state index in [4.69, 9.17) is 14.9 Å². The second kappa shape index (κ2) is 5.64. The number of carbonyl (C=O) groups is 1. The van der Waals surface area contributed by atoms with Crippen molar-refractivity contribution in [2.75, 3.05) is 18.2 Å². The molecule has 0 amide bonds. The predicted octanol–water partition coefficient (Wildman–Crippen LogP) is 2.27. The van der Waals surface area contributed by atoms with Gasteiger partial charge in [0.15, 0.2) is 0 Å². The van der Waals surface area contributed by atoms with Gasteiger partial charge in [-0.1, -0.05) is 6.07 Å². The fourth-order valence-electron chi connectivity index (χ4n) is 1.83. The van der Waals surface area contributed by atoms with Crippen molar-refractivity contribution in [2.24, 2.45) is 0 Å². The molecule has 0 aliphatic rings. The maximum Gasteiger partial charge on any atom is 0.340 e. The highest BCUT2D eigenvalue weighted by Gasteiger charge is 2.15. The molecule has 20 heavy (non-hydrogen) atoms. The van der Waals surface area contributed by atoms with Gasteiger partial charge >= 0.3 is 5.97 Å². The van der Waals surface area contributed by atoms with Crippen LogP contribution in [0.5, 0.6) is 0 Å². The molecule has 0 saturated carbocycles. The number of para-hydroxylation sites is 1. The molecule has 6 heteroatoms. The summed E-state index contributed by atoms with van der Waals surface area (Å²) in [5.41, 5.74) is 8.10. The quantitative estimate of drug-likeness (QED) is 0.657. The van der Waals surface area contributed by atoms with E-state index in [0.717, 1.165) is 11.5 Å². The van der Waals surface area contributed by atoms with Crippen molar-refractivity contribution in [3.05, 3.63) is 41.1 Å². The number of nitrogens with two attached hydrogens (primary N) is 1. The molecule has 0 atom stereocenters. The van der Waals surface area contributed by atoms with Gasteiger partial charge in [-0.15, -0.1) is 0 Å². The highest BCUT2D eigenvalue weighted by Crippen LogP contribution is 2.25. The molecule has 0 unspecified atom stereocenters. The monoisotopic (exact) mass is 275 g/mol. The number of hydrogen-bond donors (Lipinski definition) is 2. The number of hydrogen-bond acceptors (Lipinski definition) is 6. The molecule has 2 aromatic rings. The zero-order chi connectivity index (χ0) is 14.7. The van der Waals surface area contributed by atoms with E-state index in [0.29, 0.717) is 29.4 Å². The minimum Gasteiger partial charge on any atom is -0.465 e. The number of ether oxygens (including phenoxy) is 1. The number of nitrogens with one attached hydrogen (secondary N) is 1. The molecule has 106 valence electrons. The van der Waals surface area contributed by atoms with Gasteiger partial charge in [0.2, 0.25) is 5.89 Å². The zero-order valence-electron chi connectivity index (χ0n) is 11.7. The van der Waals surface area contributed by atoms with Gasteiger partial charge in [0.25, 0.3) is 0 Å². The number of aromatic nitrogens is 1. The van der Waals surface area contributed by atoms with Crippen molar-refractivity contribution in [3.63, 3.8) is 0 Å². The van der Waals surface area contributed by atoms with E-state index in [1.165, 1.54) is 7.11 Å². The lowest BCUT2D eigenvalue weighted by atomic mass is 10.1. The Morgan fingerprint density at radius 2 is 2.20 bits per heavy atom. The third kappa shape index (κ3) is 2.74. The van der Waals surface area contributed by atoms with E-state index in [1.54, 1.807) is 18.2 Å². The van der Waals surface area contributed by atoms with Gasteiger partial charge in [-0.3, -0.25) is 0 Å². The summed E-state index contributed by atoms with van der Waals surface area (Å²) in [6.07, 6.45) is 0. The van der Waals surface area contributed by atoms with Gasteiger partial charge in [0.1, 0.15) is 5.76 Å². The van der Waals surface area contributed by atoms with E-state index in [-0.39, 0.29) is 0 Å². The molecule has 0 spiro atoms. The molecule has 3 N–H and O–H groups in total. The van der Waals surface area contributed by atoms with Crippen LogP contribution in [0.15, 0.2) is 22.6 Å². The Balaban J connectivity index is 2.22. The maximum absolute atomic E-state index is 11.7. The average Bonchev–Trinajstić information content (AvgIpc) is 2.75. The predicted molar refractivity (Wildman–Crippen MR) is 75.5 cm³/mol. The second-order valence-electron chi connectivity index (χ2n) is 4.36. The third-order valence-electron chi connectivity index (χ3n) is 2.99. The van der Waals surface area contributed by atoms with E-state index >= 15 is 0 Å². The van der Waals surface area contributed by atoms with Crippen LogP contribution in [-0.2, 0) is 11.3 Å². The van der Waals surface area contributed by atoms with Gasteiger partial charge in [0, 0.05) is 0 Å². The molecule has 0 saturated heterocycles. The largest absolute Gasteiger partial charge is 0.465 e. The zero-order valence-corrected chi connectivity index (χ0v) is 11.7. The van der Waals surface area contributed by atoms with Gasteiger partial charge in [-0.25, -0.2) is 9.78 Å². The van der Waals surface area contributed by atoms with Crippen LogP contribution < -0.4 is 11.1 Å². The average molecular weight is 275 g/mol. The van der Waals surface area contributed by atoms with E-state index in [9.17, 15) is 4.79 Å². The lowest BCUT2D eigenvalue weighted by molar-refractivity contribution is 0.0602. The van der Waals surface area contributed by atoms with Crippen LogP contribution >= 0.6 is 0 Å². The molecule has 0 fully saturated rings. The Bertz CT molecular complexity index is 615. The Morgan fingerprint density at radius 3 is 2.80 bits per heavy atom. The fourth-order valence-corrected chi connectivity index (χ4v) is 1.83. The first-order valence-electron chi connectivity index (χ1n) is 6.16. The van der Waals surface area contributed by atoms with Crippen LogP contribution in [0.4, 0.5) is 11.4 Å². The molecule has 0 radical (unpaired) electrons. The van der Waals surface area contributed by atoms with Crippen molar-refractivity contribution < 1.29 is 13.9 Å². The smallest absolute Gasteiger partial charge is 0.340 e. The summed E-state index contributed by atoms with van der Waals surface area (Å²) < 4.78 is 10.2. The molecule has 0 bridgehead atoms. The number of anilines is 2. The molecule has 2 rings (SSSR count). The van der Waals surface area contributed by atoms with Crippen molar-refractivity contribution in [3.8, 4) is 0 Å². The van der Waals surface area contributed by atoms with Crippen LogP contribution in [0.1, 0.15) is 27.7 Å². The van der Waals surface area contributed by atoms with Crippen LogP contribution in [0.3, 0.4) is 0 Å². The summed E-state index contributed by atoms with van der Waals surface area (Å²) in [7, 11) is 1.33. The first-order chi connectivity index (χ1) is 9.52. The highest BCUT2D eigenvalue weighted by molar-refractivity contribution is 5.98. The molecule has 1 heterocycles. The number of benzene rings is 1. The Hall–Kier alpha value is -2.50. The number of methoxy groups -OCH3 is 1. The van der Waals surface area contributed by atoms with Crippen molar-refractivity contribution in [2.45, 2.75) is 20.4 Å². The number of esters is 1. The van der Waals surface area contributed by atoms with Crippen LogP contribution in [0.2, 0.25) is 0 Å². The fraction of sp³-hybridized carbons (Fsp3) is 0.286. The minimum absolute atomic E-state index is 0.340. The standard InChI is InChI=1S/C14H17N3O3/c1-8-9(2)20-12(17-8)7-16-13-10(14(18)19-3)5-4-6-11(13)15/h4-6,16H,7,15H2,1-3H3. The Morgan fingerprint density at radius 1 is 1.45 bits per heavy atom. The number of nitrogen functional groups attached to an aromatic ring is 1. The summed E-state index contributed by atoms with van der Waals surface area (Å²) >= 11 is 0. The summed E-state index contributed by atoms with van der Waals surface area (Å²) in [5, 5.41) is 3.07. The first kappa shape index (κ1) is 13.9. The summed E-state index contributed by atoms with van der Waals surface area (Å²) in [6.45, 7) is 4.06. The summed E-state index contributed by atoms with van der Waals surface area (Å²) in [4.78, 5) is 16.0. The second-order valence-corrected chi connectivity index (χ2v) is 4.36. The molecule has 1 aromatic carbocycles. The summed E-state index contributed by atoms with van der Waals surface area (Å²) in [5.74, 6) is 0.870. The topological polar surface area (TPSA) is 90.4 Å². The molecule has 6 nitrogen and oxygen atoms in total. The van der Waals surface area contributed by atoms with E-state index < -0.39 is 5.97 Å². The lowest BCUT2D eigenvalue weighted by Gasteiger charge is -2.11. The molecule has 0 aliphatic heterocycles. The Kier molecular flexibility index (Phi) is 3.93. The van der Waals surface area contributed by atoms with Crippen LogP contribution in [0, 0.1) is 13.8 Å². The molecule has 0 aliphatic carbocycles. The first-order valence-corrected chi connectivity index (χ1v) is 6.16. The number of carbonyl (C=O) groups excluding carboxylic acids is 1. The van der Waals surface area contributed by atoms with E-state index in [1.807, 2.05) is 13.8 Å². The number of aryl methyl sites for hydroxylation is 2. The van der Waals surface area contributed by atoms with Gasteiger partial charge in [0.05, 0.1) is 36.3 Å². The minimum atomic E-state index is -0.445. The molecule has 1 aromatic heterocycles. The van der Waals surface area contributed by atoms with Gasteiger partial charge in [-0.05, 0) is 26.0 Å². The summed E-state index contributed by atoms with van der Waals surface area (Å²) in [6, 6.07) is 5.06. The SMILES string of the molecule is COC(=O)c1cccc(N)c1NCc1nc(C)c(C)o1. The van der Waals surface area contributed by atoms with Crippen molar-refractivity contribution in [1.82, 2.24) is 4.98 Å². The molecular formula is C14H17N3O3. The van der Waals surface area contributed by atoms with Crippen LogP contribution in [-0.4, -0.2) is 18.1 Å². The Labute approximate surface area is 116 Å². The number of rotatable bonds is 4. The number of oxazole rings is 1. The normalized spacial score (nSPS) is 10.3. The lowest BCUT2D eigenvalue weighted by Crippen LogP contribution is -2.10.